The number of rotatable bonds is 10. The van der Waals surface area contributed by atoms with E-state index in [1.165, 1.54) is 27.8 Å². The Balaban J connectivity index is 1.38. The molecule has 11 heteroatoms. The molecule has 3 heterocycles. The van der Waals surface area contributed by atoms with Crippen LogP contribution in [0.3, 0.4) is 0 Å². The van der Waals surface area contributed by atoms with E-state index in [0.29, 0.717) is 43.6 Å². The maximum atomic E-state index is 13.7. The van der Waals surface area contributed by atoms with Gasteiger partial charge in [-0.3, -0.25) is 9.69 Å². The van der Waals surface area contributed by atoms with Gasteiger partial charge in [0.05, 0.1) is 40.5 Å². The molecule has 2 aliphatic rings. The molecule has 0 radical (unpaired) electrons. The lowest BCUT2D eigenvalue weighted by Gasteiger charge is -2.23. The highest BCUT2D eigenvalue weighted by Gasteiger charge is 2.29. The van der Waals surface area contributed by atoms with Crippen molar-refractivity contribution in [3.05, 3.63) is 48.0 Å². The highest BCUT2D eigenvalue weighted by Crippen LogP contribution is 2.33. The Labute approximate surface area is 227 Å². The van der Waals surface area contributed by atoms with Crippen molar-refractivity contribution in [1.82, 2.24) is 9.29 Å². The number of hydrogen-bond donors (Lipinski definition) is 0. The summed E-state index contributed by atoms with van der Waals surface area (Å²) >= 11 is 1.42. The van der Waals surface area contributed by atoms with Gasteiger partial charge in [0.25, 0.3) is 5.91 Å². The summed E-state index contributed by atoms with van der Waals surface area (Å²) < 4.78 is 45.5. The maximum Gasteiger partial charge on any atom is 0.260 e. The van der Waals surface area contributed by atoms with E-state index in [1.54, 1.807) is 24.1 Å². The zero-order chi connectivity index (χ0) is 26.7. The number of thiazole rings is 1. The summed E-state index contributed by atoms with van der Waals surface area (Å²) in [6.07, 6.45) is 3.47. The summed E-state index contributed by atoms with van der Waals surface area (Å²) in [4.78, 5) is 20.3. The summed E-state index contributed by atoms with van der Waals surface area (Å²) in [6, 6.07) is 11.8. The monoisotopic (exact) mass is 559 g/mol. The lowest BCUT2D eigenvalue weighted by molar-refractivity contribution is 0.0917. The number of fused-ring (bicyclic) bond motifs is 1. The van der Waals surface area contributed by atoms with E-state index in [0.717, 1.165) is 41.6 Å². The van der Waals surface area contributed by atoms with Crippen LogP contribution in [0, 0.1) is 0 Å². The number of amides is 1. The Morgan fingerprint density at radius 2 is 1.74 bits per heavy atom. The normalized spacial score (nSPS) is 19.9. The van der Waals surface area contributed by atoms with Crippen molar-refractivity contribution in [1.29, 1.82) is 0 Å². The maximum absolute atomic E-state index is 13.7. The number of benzene rings is 2. The standard InChI is InChI=1S/C27H33N3O6S2/c1-3-34-20-10-13-24-25(16-20)37-27(28-24)30(18-22-7-5-15-36-22)26(31)19-8-11-23(12-9-19)38(32,33)29(2)17-21-6-4-14-35-21/h8-13,16,21-22H,3-7,14-15,17-18H2,1-2H3. The second-order valence-corrected chi connectivity index (χ2v) is 12.6. The Morgan fingerprint density at radius 1 is 1.05 bits per heavy atom. The van der Waals surface area contributed by atoms with Gasteiger partial charge in [-0.25, -0.2) is 13.4 Å². The molecule has 2 aromatic carbocycles. The Hall–Kier alpha value is -2.57. The predicted octanol–water partition coefficient (Wildman–Crippen LogP) is 4.32. The molecule has 2 unspecified atom stereocenters. The summed E-state index contributed by atoms with van der Waals surface area (Å²) in [6.45, 7) is 4.53. The molecule has 0 aliphatic carbocycles. The highest BCUT2D eigenvalue weighted by molar-refractivity contribution is 7.89. The number of ether oxygens (including phenoxy) is 3. The molecule has 38 heavy (non-hydrogen) atoms. The second-order valence-electron chi connectivity index (χ2n) is 9.55. The molecule has 0 bridgehead atoms. The molecule has 9 nitrogen and oxygen atoms in total. The van der Waals surface area contributed by atoms with Gasteiger partial charge >= 0.3 is 0 Å². The van der Waals surface area contributed by atoms with Crippen LogP contribution in [0.2, 0.25) is 0 Å². The smallest absolute Gasteiger partial charge is 0.260 e. The highest BCUT2D eigenvalue weighted by atomic mass is 32.2. The molecule has 204 valence electrons. The minimum atomic E-state index is -3.70. The lowest BCUT2D eigenvalue weighted by atomic mass is 10.2. The average molecular weight is 560 g/mol. The van der Waals surface area contributed by atoms with Crippen LogP contribution in [0.5, 0.6) is 5.75 Å². The minimum absolute atomic E-state index is 0.0731. The zero-order valence-electron chi connectivity index (χ0n) is 21.7. The third kappa shape index (κ3) is 5.86. The third-order valence-corrected chi connectivity index (χ3v) is 9.72. The number of anilines is 1. The van der Waals surface area contributed by atoms with Gasteiger partial charge in [-0.15, -0.1) is 0 Å². The third-order valence-electron chi connectivity index (χ3n) is 6.84. The average Bonchev–Trinajstić information content (AvgIpc) is 3.69. The fourth-order valence-corrected chi connectivity index (χ4v) is 6.99. The molecule has 1 amide bonds. The van der Waals surface area contributed by atoms with Crippen molar-refractivity contribution in [2.75, 3.05) is 44.9 Å². The molecule has 0 N–H and O–H groups in total. The number of aromatic nitrogens is 1. The first-order chi connectivity index (χ1) is 18.3. The Kier molecular flexibility index (Phi) is 8.29. The van der Waals surface area contributed by atoms with E-state index >= 15 is 0 Å². The first-order valence-electron chi connectivity index (χ1n) is 13.0. The van der Waals surface area contributed by atoms with Gasteiger partial charge in [-0.1, -0.05) is 11.3 Å². The molecular formula is C27H33N3O6S2. The molecule has 2 atom stereocenters. The molecule has 2 fully saturated rings. The van der Waals surface area contributed by atoms with Crippen LogP contribution >= 0.6 is 11.3 Å². The number of hydrogen-bond acceptors (Lipinski definition) is 8. The molecule has 2 saturated heterocycles. The van der Waals surface area contributed by atoms with E-state index in [2.05, 4.69) is 0 Å². The number of sulfonamides is 1. The molecule has 2 aliphatic heterocycles. The van der Waals surface area contributed by atoms with Crippen molar-refractivity contribution in [3.8, 4) is 5.75 Å². The van der Waals surface area contributed by atoms with Gasteiger partial charge in [-0.05, 0) is 75.1 Å². The van der Waals surface area contributed by atoms with Crippen molar-refractivity contribution in [3.63, 3.8) is 0 Å². The van der Waals surface area contributed by atoms with Crippen LogP contribution in [-0.2, 0) is 19.5 Å². The van der Waals surface area contributed by atoms with Crippen molar-refractivity contribution >= 4 is 42.6 Å². The van der Waals surface area contributed by atoms with Crippen LogP contribution < -0.4 is 9.64 Å². The van der Waals surface area contributed by atoms with Gasteiger partial charge in [0.15, 0.2) is 5.13 Å². The number of likely N-dealkylation sites (N-methyl/N-ethyl adjacent to an activating group) is 1. The van der Waals surface area contributed by atoms with Gasteiger partial charge in [0.1, 0.15) is 5.75 Å². The second kappa shape index (κ2) is 11.7. The summed E-state index contributed by atoms with van der Waals surface area (Å²) in [5.41, 5.74) is 1.17. The SMILES string of the molecule is CCOc1ccc2nc(N(CC3CCCO3)C(=O)c3ccc(S(=O)(=O)N(C)CC4CCCO4)cc3)sc2c1. The van der Waals surface area contributed by atoms with E-state index in [4.69, 9.17) is 19.2 Å². The molecule has 0 spiro atoms. The fourth-order valence-electron chi connectivity index (χ4n) is 4.78. The Bertz CT molecular complexity index is 1360. The van der Waals surface area contributed by atoms with E-state index < -0.39 is 10.0 Å². The molecular weight excluding hydrogens is 526 g/mol. The van der Waals surface area contributed by atoms with Gasteiger partial charge in [0, 0.05) is 32.4 Å². The fraction of sp³-hybridized carbons (Fsp3) is 0.481. The lowest BCUT2D eigenvalue weighted by Crippen LogP contribution is -2.37. The van der Waals surface area contributed by atoms with Crippen LogP contribution in [0.4, 0.5) is 5.13 Å². The van der Waals surface area contributed by atoms with Gasteiger partial charge in [-0.2, -0.15) is 4.31 Å². The van der Waals surface area contributed by atoms with Crippen LogP contribution in [-0.4, -0.2) is 75.8 Å². The molecule has 5 rings (SSSR count). The zero-order valence-corrected chi connectivity index (χ0v) is 23.3. The summed E-state index contributed by atoms with van der Waals surface area (Å²) in [5.74, 6) is 0.509. The molecule has 1 aromatic heterocycles. The van der Waals surface area contributed by atoms with E-state index in [1.807, 2.05) is 25.1 Å². The quantitative estimate of drug-likeness (QED) is 0.365. The van der Waals surface area contributed by atoms with Crippen LogP contribution in [0.15, 0.2) is 47.4 Å². The first-order valence-corrected chi connectivity index (χ1v) is 15.3. The van der Waals surface area contributed by atoms with Gasteiger partial charge in [0.2, 0.25) is 10.0 Å². The molecule has 0 saturated carbocycles. The molecule has 3 aromatic rings. The number of carbonyl (C=O) groups is 1. The van der Waals surface area contributed by atoms with E-state index in [-0.39, 0.29) is 23.0 Å². The van der Waals surface area contributed by atoms with Crippen molar-refractivity contribution < 1.29 is 27.4 Å². The summed E-state index contributed by atoms with van der Waals surface area (Å²) in [7, 11) is -2.14. The minimum Gasteiger partial charge on any atom is -0.494 e. The predicted molar refractivity (Wildman–Crippen MR) is 147 cm³/mol. The summed E-state index contributed by atoms with van der Waals surface area (Å²) in [5, 5.41) is 0.571. The van der Waals surface area contributed by atoms with E-state index in [9.17, 15) is 13.2 Å². The van der Waals surface area contributed by atoms with Crippen LogP contribution in [0.25, 0.3) is 10.2 Å². The number of carbonyl (C=O) groups excluding carboxylic acids is 1. The van der Waals surface area contributed by atoms with Gasteiger partial charge < -0.3 is 14.2 Å². The van der Waals surface area contributed by atoms with Crippen molar-refractivity contribution in [2.45, 2.75) is 49.7 Å². The Morgan fingerprint density at radius 3 is 2.37 bits per heavy atom. The van der Waals surface area contributed by atoms with Crippen molar-refractivity contribution in [2.24, 2.45) is 0 Å². The largest absolute Gasteiger partial charge is 0.494 e. The topological polar surface area (TPSA) is 98.3 Å². The van der Waals surface area contributed by atoms with Crippen LogP contribution in [0.1, 0.15) is 43.0 Å². The number of nitrogens with zero attached hydrogens (tertiary/aromatic N) is 3. The first kappa shape index (κ1) is 27.0.